The zero-order valence-electron chi connectivity index (χ0n) is 17.8. The number of nitrogens with one attached hydrogen (secondary N) is 1. The molecule has 1 heterocycles. The normalized spacial score (nSPS) is 13.7. The van der Waals surface area contributed by atoms with E-state index in [4.69, 9.17) is 4.74 Å². The molecule has 1 aliphatic rings. The number of anilines is 1. The molecule has 0 saturated carbocycles. The van der Waals surface area contributed by atoms with Crippen molar-refractivity contribution in [2.24, 2.45) is 0 Å². The molecule has 0 radical (unpaired) electrons. The Kier molecular flexibility index (Phi) is 5.58. The van der Waals surface area contributed by atoms with E-state index in [9.17, 15) is 9.59 Å². The first-order chi connectivity index (χ1) is 15.0. The van der Waals surface area contributed by atoms with Crippen LogP contribution in [0.25, 0.3) is 5.57 Å². The summed E-state index contributed by atoms with van der Waals surface area (Å²) in [6.07, 6.45) is 0. The van der Waals surface area contributed by atoms with E-state index >= 15 is 0 Å². The Morgan fingerprint density at radius 1 is 0.839 bits per heavy atom. The van der Waals surface area contributed by atoms with Crippen LogP contribution in [0.4, 0.5) is 5.69 Å². The SMILES string of the molecule is COc1ccc(NC2=C(c3ccc(C)c(C)c3)C(=O)N(Cc3ccccc3)C2=O)cc1. The molecule has 0 aliphatic carbocycles. The van der Waals surface area contributed by atoms with Crippen molar-refractivity contribution in [1.82, 2.24) is 4.90 Å². The lowest BCUT2D eigenvalue weighted by Crippen LogP contribution is -2.31. The Hall–Kier alpha value is -3.86. The summed E-state index contributed by atoms with van der Waals surface area (Å²) >= 11 is 0. The van der Waals surface area contributed by atoms with E-state index in [0.717, 1.165) is 22.3 Å². The number of carbonyl (C=O) groups excluding carboxylic acids is 2. The fraction of sp³-hybridized carbons (Fsp3) is 0.154. The summed E-state index contributed by atoms with van der Waals surface area (Å²) in [5.74, 6) is 0.0828. The fourth-order valence-corrected chi connectivity index (χ4v) is 3.59. The molecular formula is C26H24N2O3. The van der Waals surface area contributed by atoms with E-state index < -0.39 is 0 Å². The fourth-order valence-electron chi connectivity index (χ4n) is 3.59. The second-order valence-electron chi connectivity index (χ2n) is 7.58. The highest BCUT2D eigenvalue weighted by Gasteiger charge is 2.39. The lowest BCUT2D eigenvalue weighted by atomic mass is 9.99. The van der Waals surface area contributed by atoms with E-state index in [1.807, 2.05) is 86.6 Å². The number of ether oxygens (including phenoxy) is 1. The molecule has 0 atom stereocenters. The van der Waals surface area contributed by atoms with Crippen LogP contribution >= 0.6 is 0 Å². The number of methoxy groups -OCH3 is 1. The van der Waals surface area contributed by atoms with Crippen molar-refractivity contribution in [3.8, 4) is 5.75 Å². The summed E-state index contributed by atoms with van der Waals surface area (Å²) in [6, 6.07) is 22.6. The van der Waals surface area contributed by atoms with Crippen molar-refractivity contribution >= 4 is 23.1 Å². The number of carbonyl (C=O) groups is 2. The van der Waals surface area contributed by atoms with E-state index in [-0.39, 0.29) is 24.1 Å². The third kappa shape index (κ3) is 4.08. The third-order valence-corrected chi connectivity index (χ3v) is 5.51. The minimum atomic E-state index is -0.335. The highest BCUT2D eigenvalue weighted by Crippen LogP contribution is 2.32. The van der Waals surface area contributed by atoms with Crippen LogP contribution in [0.5, 0.6) is 5.75 Å². The van der Waals surface area contributed by atoms with Gasteiger partial charge in [-0.05, 0) is 60.4 Å². The van der Waals surface area contributed by atoms with Crippen molar-refractivity contribution in [2.75, 3.05) is 12.4 Å². The standard InChI is InChI=1S/C26H24N2O3/c1-17-9-10-20(15-18(17)2)23-24(27-21-11-13-22(31-3)14-12-21)26(30)28(25(23)29)16-19-7-5-4-6-8-19/h4-15,27H,16H2,1-3H3. The number of imide groups is 1. The molecule has 0 unspecified atom stereocenters. The number of hydrogen-bond acceptors (Lipinski definition) is 4. The molecule has 1 aliphatic heterocycles. The van der Waals surface area contributed by atoms with Crippen LogP contribution in [-0.4, -0.2) is 23.8 Å². The van der Waals surface area contributed by atoms with Gasteiger partial charge in [0.1, 0.15) is 11.4 Å². The van der Waals surface area contributed by atoms with Gasteiger partial charge in [0.25, 0.3) is 11.8 Å². The maximum atomic E-state index is 13.4. The van der Waals surface area contributed by atoms with Crippen LogP contribution in [0.15, 0.2) is 78.5 Å². The van der Waals surface area contributed by atoms with E-state index in [0.29, 0.717) is 17.0 Å². The molecule has 5 heteroatoms. The molecule has 0 saturated heterocycles. The van der Waals surface area contributed by atoms with Crippen molar-refractivity contribution < 1.29 is 14.3 Å². The summed E-state index contributed by atoms with van der Waals surface area (Å²) in [6.45, 7) is 4.24. The van der Waals surface area contributed by atoms with Crippen LogP contribution in [0.3, 0.4) is 0 Å². The van der Waals surface area contributed by atoms with Gasteiger partial charge in [-0.2, -0.15) is 0 Å². The van der Waals surface area contributed by atoms with E-state index in [1.165, 1.54) is 4.90 Å². The average molecular weight is 412 g/mol. The van der Waals surface area contributed by atoms with Crippen LogP contribution in [0.2, 0.25) is 0 Å². The Morgan fingerprint density at radius 3 is 2.19 bits per heavy atom. The summed E-state index contributed by atoms with van der Waals surface area (Å²) < 4.78 is 5.21. The number of hydrogen-bond donors (Lipinski definition) is 1. The van der Waals surface area contributed by atoms with Crippen LogP contribution in [0.1, 0.15) is 22.3 Å². The summed E-state index contributed by atoms with van der Waals surface area (Å²) in [5, 5.41) is 3.18. The van der Waals surface area contributed by atoms with Crippen molar-refractivity contribution in [2.45, 2.75) is 20.4 Å². The first-order valence-electron chi connectivity index (χ1n) is 10.1. The number of aryl methyl sites for hydroxylation is 2. The zero-order valence-corrected chi connectivity index (χ0v) is 17.8. The van der Waals surface area contributed by atoms with Crippen molar-refractivity contribution in [3.63, 3.8) is 0 Å². The first-order valence-corrected chi connectivity index (χ1v) is 10.1. The van der Waals surface area contributed by atoms with Gasteiger partial charge in [0, 0.05) is 5.69 Å². The molecule has 31 heavy (non-hydrogen) atoms. The van der Waals surface area contributed by atoms with E-state index in [2.05, 4.69) is 5.32 Å². The Labute approximate surface area is 182 Å². The first kappa shape index (κ1) is 20.4. The van der Waals surface area contributed by atoms with Crippen molar-refractivity contribution in [3.05, 3.63) is 101 Å². The Balaban J connectivity index is 1.75. The van der Waals surface area contributed by atoms with Gasteiger partial charge < -0.3 is 10.1 Å². The molecule has 0 fully saturated rings. The largest absolute Gasteiger partial charge is 0.497 e. The van der Waals surface area contributed by atoms with Crippen molar-refractivity contribution in [1.29, 1.82) is 0 Å². The van der Waals surface area contributed by atoms with Crippen LogP contribution in [0, 0.1) is 13.8 Å². The molecule has 0 spiro atoms. The summed E-state index contributed by atoms with van der Waals surface area (Å²) in [4.78, 5) is 28.0. The molecule has 156 valence electrons. The third-order valence-electron chi connectivity index (χ3n) is 5.51. The summed E-state index contributed by atoms with van der Waals surface area (Å²) in [5.41, 5.74) is 5.21. The lowest BCUT2D eigenvalue weighted by Gasteiger charge is -2.15. The minimum Gasteiger partial charge on any atom is -0.497 e. The Bertz CT molecular complexity index is 1170. The van der Waals surface area contributed by atoms with Gasteiger partial charge in [-0.15, -0.1) is 0 Å². The highest BCUT2D eigenvalue weighted by atomic mass is 16.5. The minimum absolute atomic E-state index is 0.223. The topological polar surface area (TPSA) is 58.6 Å². The molecule has 4 rings (SSSR count). The number of rotatable bonds is 6. The molecule has 1 N–H and O–H groups in total. The number of amides is 2. The molecule has 0 aromatic heterocycles. The predicted octanol–water partition coefficient (Wildman–Crippen LogP) is 4.70. The lowest BCUT2D eigenvalue weighted by molar-refractivity contribution is -0.137. The zero-order chi connectivity index (χ0) is 22.0. The predicted molar refractivity (Wildman–Crippen MR) is 121 cm³/mol. The quantitative estimate of drug-likeness (QED) is 0.596. The van der Waals surface area contributed by atoms with Gasteiger partial charge in [0.15, 0.2) is 0 Å². The van der Waals surface area contributed by atoms with Crippen LogP contribution < -0.4 is 10.1 Å². The van der Waals surface area contributed by atoms with Gasteiger partial charge in [-0.3, -0.25) is 14.5 Å². The smallest absolute Gasteiger partial charge is 0.278 e. The average Bonchev–Trinajstić information content (AvgIpc) is 3.01. The number of nitrogens with zero attached hydrogens (tertiary/aromatic N) is 1. The van der Waals surface area contributed by atoms with E-state index in [1.54, 1.807) is 7.11 Å². The Morgan fingerprint density at radius 2 is 1.55 bits per heavy atom. The second-order valence-corrected chi connectivity index (χ2v) is 7.58. The van der Waals surface area contributed by atoms with Crippen LogP contribution in [-0.2, 0) is 16.1 Å². The monoisotopic (exact) mass is 412 g/mol. The molecule has 5 nitrogen and oxygen atoms in total. The molecule has 2 amide bonds. The molecule has 3 aromatic rings. The van der Waals surface area contributed by atoms with Gasteiger partial charge >= 0.3 is 0 Å². The van der Waals surface area contributed by atoms with Gasteiger partial charge in [0.05, 0.1) is 19.2 Å². The number of benzene rings is 3. The maximum absolute atomic E-state index is 13.4. The second kappa shape index (κ2) is 8.48. The highest BCUT2D eigenvalue weighted by molar-refractivity contribution is 6.36. The van der Waals surface area contributed by atoms with Gasteiger partial charge in [-0.1, -0.05) is 48.5 Å². The molecule has 0 bridgehead atoms. The van der Waals surface area contributed by atoms with Gasteiger partial charge in [-0.25, -0.2) is 0 Å². The summed E-state index contributed by atoms with van der Waals surface area (Å²) in [7, 11) is 1.60. The van der Waals surface area contributed by atoms with Gasteiger partial charge in [0.2, 0.25) is 0 Å². The molecular weight excluding hydrogens is 388 g/mol. The maximum Gasteiger partial charge on any atom is 0.278 e. The molecule has 3 aromatic carbocycles.